The van der Waals surface area contributed by atoms with E-state index in [0.29, 0.717) is 22.8 Å². The highest BCUT2D eigenvalue weighted by molar-refractivity contribution is 7.15. The molecular weight excluding hydrogens is 423 g/mol. The van der Waals surface area contributed by atoms with E-state index in [1.54, 1.807) is 31.4 Å². The minimum Gasteiger partial charge on any atom is -0.497 e. The average molecular weight is 443 g/mol. The summed E-state index contributed by atoms with van der Waals surface area (Å²) in [6.45, 7) is 2.02. The van der Waals surface area contributed by atoms with Gasteiger partial charge in [0.2, 0.25) is 0 Å². The molecule has 0 atom stereocenters. The maximum Gasteiger partial charge on any atom is 0.417 e. The summed E-state index contributed by atoms with van der Waals surface area (Å²) in [5.41, 5.74) is 1.03. The molecule has 0 spiro atoms. The van der Waals surface area contributed by atoms with Gasteiger partial charge in [-0.05, 0) is 61.7 Å². The van der Waals surface area contributed by atoms with E-state index in [1.807, 2.05) is 19.1 Å². The molecule has 8 heteroatoms. The third-order valence-electron chi connectivity index (χ3n) is 5.51. The van der Waals surface area contributed by atoms with Crippen molar-refractivity contribution in [3.05, 3.63) is 58.6 Å². The fourth-order valence-electron chi connectivity index (χ4n) is 3.74. The molecule has 0 radical (unpaired) electrons. The number of hydrogen-bond acceptors (Lipinski definition) is 4. The minimum absolute atomic E-state index is 0.0455. The van der Waals surface area contributed by atoms with E-state index in [0.717, 1.165) is 29.0 Å². The lowest BCUT2D eigenvalue weighted by Crippen LogP contribution is -2.08. The third kappa shape index (κ3) is 3.59. The molecule has 0 aliphatic heterocycles. The number of aryl methyl sites for hydroxylation is 1. The van der Waals surface area contributed by atoms with Crippen molar-refractivity contribution in [1.29, 1.82) is 0 Å². The molecule has 1 aliphatic carbocycles. The number of alkyl halides is 3. The van der Waals surface area contributed by atoms with Crippen molar-refractivity contribution < 1.29 is 17.9 Å². The van der Waals surface area contributed by atoms with Gasteiger partial charge in [-0.25, -0.2) is 9.67 Å². The van der Waals surface area contributed by atoms with Gasteiger partial charge in [-0.3, -0.25) is 0 Å². The maximum atomic E-state index is 14.2. The number of benzene rings is 1. The Hall–Kier alpha value is -2.87. The van der Waals surface area contributed by atoms with Gasteiger partial charge in [0.05, 0.1) is 40.0 Å². The molecule has 3 heterocycles. The zero-order valence-electron chi connectivity index (χ0n) is 17.0. The Morgan fingerprint density at radius 3 is 2.45 bits per heavy atom. The van der Waals surface area contributed by atoms with Crippen LogP contribution in [-0.2, 0) is 12.6 Å². The Bertz CT molecular complexity index is 1250. The van der Waals surface area contributed by atoms with Crippen molar-refractivity contribution in [2.45, 2.75) is 38.3 Å². The number of pyridine rings is 1. The quantitative estimate of drug-likeness (QED) is 0.348. The largest absolute Gasteiger partial charge is 0.497 e. The van der Waals surface area contributed by atoms with Crippen LogP contribution in [0.15, 0.2) is 42.5 Å². The molecule has 0 amide bonds. The van der Waals surface area contributed by atoms with Crippen molar-refractivity contribution in [2.75, 3.05) is 7.11 Å². The monoisotopic (exact) mass is 443 g/mol. The topological polar surface area (TPSA) is 39.9 Å². The molecule has 5 rings (SSSR count). The number of halogens is 3. The molecule has 0 saturated heterocycles. The zero-order valence-corrected chi connectivity index (χ0v) is 17.8. The maximum absolute atomic E-state index is 14.2. The summed E-state index contributed by atoms with van der Waals surface area (Å²) in [5.74, 6) is 0.710. The average Bonchev–Trinajstić information content (AvgIpc) is 3.36. The molecule has 1 saturated carbocycles. The van der Waals surface area contributed by atoms with Crippen molar-refractivity contribution in [3.8, 4) is 22.0 Å². The van der Waals surface area contributed by atoms with Crippen LogP contribution in [0.1, 0.15) is 41.8 Å². The summed E-state index contributed by atoms with van der Waals surface area (Å²) in [5, 5.41) is 4.74. The lowest BCUT2D eigenvalue weighted by Gasteiger charge is -2.11. The van der Waals surface area contributed by atoms with E-state index in [1.165, 1.54) is 22.1 Å². The summed E-state index contributed by atoms with van der Waals surface area (Å²) < 4.78 is 49.3. The molecule has 3 aromatic heterocycles. The number of nitrogens with zero attached hydrogens (tertiary/aromatic N) is 3. The van der Waals surface area contributed by atoms with Gasteiger partial charge in [-0.15, -0.1) is 11.3 Å². The first-order valence-electron chi connectivity index (χ1n) is 10.1. The summed E-state index contributed by atoms with van der Waals surface area (Å²) >= 11 is 1.47. The lowest BCUT2D eigenvalue weighted by atomic mass is 10.1. The normalized spacial score (nSPS) is 14.4. The lowest BCUT2D eigenvalue weighted by molar-refractivity contribution is -0.136. The van der Waals surface area contributed by atoms with E-state index in [4.69, 9.17) is 9.72 Å². The second-order valence-electron chi connectivity index (χ2n) is 7.64. The van der Waals surface area contributed by atoms with E-state index in [-0.39, 0.29) is 17.0 Å². The molecule has 160 valence electrons. The first-order chi connectivity index (χ1) is 14.9. The Morgan fingerprint density at radius 1 is 1.13 bits per heavy atom. The molecule has 1 aromatic carbocycles. The van der Waals surface area contributed by atoms with Crippen molar-refractivity contribution in [3.63, 3.8) is 0 Å². The van der Waals surface area contributed by atoms with Gasteiger partial charge in [-0.2, -0.15) is 18.3 Å². The first-order valence-corrected chi connectivity index (χ1v) is 10.9. The summed E-state index contributed by atoms with van der Waals surface area (Å²) in [6.07, 6.45) is -1.98. The number of hydrogen-bond donors (Lipinski definition) is 0. The van der Waals surface area contributed by atoms with Crippen molar-refractivity contribution >= 4 is 22.4 Å². The molecule has 1 fully saturated rings. The molecule has 4 nitrogen and oxygen atoms in total. The molecule has 4 aromatic rings. The summed E-state index contributed by atoms with van der Waals surface area (Å²) in [6, 6.07) is 12.1. The molecule has 0 bridgehead atoms. The van der Waals surface area contributed by atoms with Crippen molar-refractivity contribution in [1.82, 2.24) is 14.8 Å². The van der Waals surface area contributed by atoms with Gasteiger partial charge in [0.15, 0.2) is 5.65 Å². The molecule has 1 aliphatic rings. The van der Waals surface area contributed by atoms with Gasteiger partial charge in [0.25, 0.3) is 0 Å². The third-order valence-corrected chi connectivity index (χ3v) is 6.77. The predicted octanol–water partition coefficient (Wildman–Crippen LogP) is 6.62. The van der Waals surface area contributed by atoms with Gasteiger partial charge < -0.3 is 4.74 Å². The van der Waals surface area contributed by atoms with Crippen LogP contribution >= 0.6 is 11.3 Å². The van der Waals surface area contributed by atoms with Crippen LogP contribution in [0.25, 0.3) is 27.3 Å². The predicted molar refractivity (Wildman–Crippen MR) is 115 cm³/mol. The molecule has 0 N–H and O–H groups in total. The fourth-order valence-corrected chi connectivity index (χ4v) is 4.65. The van der Waals surface area contributed by atoms with Crippen LogP contribution in [0.4, 0.5) is 13.2 Å². The van der Waals surface area contributed by atoms with E-state index in [2.05, 4.69) is 5.10 Å². The van der Waals surface area contributed by atoms with Gasteiger partial charge in [-0.1, -0.05) is 6.92 Å². The first kappa shape index (κ1) is 20.1. The smallest absolute Gasteiger partial charge is 0.417 e. The van der Waals surface area contributed by atoms with Crippen molar-refractivity contribution in [2.24, 2.45) is 0 Å². The fraction of sp³-hybridized carbons (Fsp3) is 0.304. The van der Waals surface area contributed by atoms with E-state index < -0.39 is 11.7 Å². The second-order valence-corrected chi connectivity index (χ2v) is 8.81. The number of ether oxygens (including phenoxy) is 1. The second kappa shape index (κ2) is 7.37. The highest BCUT2D eigenvalue weighted by Crippen LogP contribution is 2.47. The standard InChI is InChI=1S/C23H20F3N3OS/c1-3-16-10-11-19(31-16)18-12-17(23(24,25)26)20-21(13-4-5-13)28-29(22(20)27-18)14-6-8-15(30-2)9-7-14/h6-13H,3-5H2,1-2H3. The number of aromatic nitrogens is 3. The Kier molecular flexibility index (Phi) is 4.77. The van der Waals surface area contributed by atoms with Crippen LogP contribution in [-0.4, -0.2) is 21.9 Å². The van der Waals surface area contributed by atoms with Crippen LogP contribution in [0.5, 0.6) is 5.75 Å². The Balaban J connectivity index is 1.79. The van der Waals surface area contributed by atoms with Gasteiger partial charge in [0.1, 0.15) is 5.75 Å². The summed E-state index contributed by atoms with van der Waals surface area (Å²) in [4.78, 5) is 6.52. The highest BCUT2D eigenvalue weighted by Gasteiger charge is 2.39. The minimum atomic E-state index is -4.50. The van der Waals surface area contributed by atoms with Gasteiger partial charge in [0, 0.05) is 10.8 Å². The molecule has 31 heavy (non-hydrogen) atoms. The van der Waals surface area contributed by atoms with Crippen LogP contribution in [0.2, 0.25) is 0 Å². The number of rotatable bonds is 5. The van der Waals surface area contributed by atoms with E-state index >= 15 is 0 Å². The molecular formula is C23H20F3N3OS. The Morgan fingerprint density at radius 2 is 1.87 bits per heavy atom. The van der Waals surface area contributed by atoms with Crippen LogP contribution in [0, 0.1) is 0 Å². The SMILES string of the molecule is CCc1ccc(-c2cc(C(F)(F)F)c3c(C4CC4)nn(-c4ccc(OC)cc4)c3n2)s1. The Labute approximate surface area is 181 Å². The summed E-state index contributed by atoms with van der Waals surface area (Å²) in [7, 11) is 1.57. The van der Waals surface area contributed by atoms with Crippen LogP contribution in [0.3, 0.4) is 0 Å². The van der Waals surface area contributed by atoms with Crippen LogP contribution < -0.4 is 4.74 Å². The number of fused-ring (bicyclic) bond motifs is 1. The zero-order chi connectivity index (χ0) is 21.8. The van der Waals surface area contributed by atoms with E-state index in [9.17, 15) is 13.2 Å². The molecule has 0 unspecified atom stereocenters. The highest BCUT2D eigenvalue weighted by atomic mass is 32.1. The number of methoxy groups -OCH3 is 1. The number of thiophene rings is 1. The van der Waals surface area contributed by atoms with Gasteiger partial charge >= 0.3 is 6.18 Å².